The highest BCUT2D eigenvalue weighted by Gasteiger charge is 2.31. The van der Waals surface area contributed by atoms with E-state index in [1.807, 2.05) is 6.07 Å². The number of hydrogen-bond acceptors (Lipinski definition) is 7. The molecule has 1 fully saturated rings. The van der Waals surface area contributed by atoms with Gasteiger partial charge in [0.15, 0.2) is 0 Å². The SMILES string of the molecule is COc1nc(-c2ccc(F)c(-c3cccc(NC(=O)c4ccnn(C)c4=O)c3Cl)c2Cl)cc2c1C(NCC1CCC(=O)N1)CC2. The minimum absolute atomic E-state index is 0.0114. The lowest BCUT2D eigenvalue weighted by molar-refractivity contribution is -0.119. The second-order valence-electron chi connectivity index (χ2n) is 11.0. The number of anilines is 1. The van der Waals surface area contributed by atoms with E-state index in [1.165, 1.54) is 25.4 Å². The molecule has 2 atom stereocenters. The fourth-order valence-electron chi connectivity index (χ4n) is 5.91. The summed E-state index contributed by atoms with van der Waals surface area (Å²) >= 11 is 13.6. The number of pyridine rings is 1. The lowest BCUT2D eigenvalue weighted by atomic mass is 9.98. The van der Waals surface area contributed by atoms with E-state index < -0.39 is 17.3 Å². The number of hydrogen-bond donors (Lipinski definition) is 3. The minimum Gasteiger partial charge on any atom is -0.481 e. The van der Waals surface area contributed by atoms with Crippen LogP contribution >= 0.6 is 23.2 Å². The summed E-state index contributed by atoms with van der Waals surface area (Å²) in [6, 6.07) is 10.9. The van der Waals surface area contributed by atoms with Crippen molar-refractivity contribution in [2.45, 2.75) is 37.8 Å². The van der Waals surface area contributed by atoms with Crippen molar-refractivity contribution in [3.05, 3.63) is 91.6 Å². The van der Waals surface area contributed by atoms with Crippen LogP contribution in [0.3, 0.4) is 0 Å². The summed E-state index contributed by atoms with van der Waals surface area (Å²) in [5.74, 6) is -0.788. The lowest BCUT2D eigenvalue weighted by Gasteiger charge is -2.20. The van der Waals surface area contributed by atoms with Crippen LogP contribution in [-0.4, -0.2) is 46.3 Å². The molecule has 1 saturated heterocycles. The number of fused-ring (bicyclic) bond motifs is 1. The zero-order valence-electron chi connectivity index (χ0n) is 24.4. The molecule has 0 bridgehead atoms. The van der Waals surface area contributed by atoms with Crippen molar-refractivity contribution in [3.63, 3.8) is 0 Å². The van der Waals surface area contributed by atoms with Crippen LogP contribution in [0.4, 0.5) is 10.1 Å². The Balaban J connectivity index is 1.32. The molecule has 2 aliphatic rings. The maximum absolute atomic E-state index is 15.5. The molecule has 2 aromatic carbocycles. The van der Waals surface area contributed by atoms with Crippen LogP contribution in [0.25, 0.3) is 22.4 Å². The van der Waals surface area contributed by atoms with Gasteiger partial charge in [-0.15, -0.1) is 0 Å². The summed E-state index contributed by atoms with van der Waals surface area (Å²) in [5, 5.41) is 13.1. The Morgan fingerprint density at radius 2 is 1.93 bits per heavy atom. The molecule has 45 heavy (non-hydrogen) atoms. The van der Waals surface area contributed by atoms with Crippen LogP contribution in [0.2, 0.25) is 10.0 Å². The van der Waals surface area contributed by atoms with E-state index in [-0.39, 0.29) is 50.4 Å². The molecule has 10 nitrogen and oxygen atoms in total. The predicted molar refractivity (Wildman–Crippen MR) is 169 cm³/mol. The summed E-state index contributed by atoms with van der Waals surface area (Å²) in [4.78, 5) is 41.6. The first-order valence-electron chi connectivity index (χ1n) is 14.4. The fourth-order valence-corrected chi connectivity index (χ4v) is 6.53. The number of carbonyl (C=O) groups is 2. The van der Waals surface area contributed by atoms with E-state index in [0.717, 1.165) is 35.1 Å². The summed E-state index contributed by atoms with van der Waals surface area (Å²) in [5.41, 5.74) is 2.74. The van der Waals surface area contributed by atoms with E-state index in [2.05, 4.69) is 21.0 Å². The maximum atomic E-state index is 15.5. The summed E-state index contributed by atoms with van der Waals surface area (Å²) in [6.45, 7) is 0.646. The molecule has 232 valence electrons. The summed E-state index contributed by atoms with van der Waals surface area (Å²) in [7, 11) is 2.99. The van der Waals surface area contributed by atoms with Crippen molar-refractivity contribution in [3.8, 4) is 28.3 Å². The Bertz CT molecular complexity index is 1900. The van der Waals surface area contributed by atoms with Crippen LogP contribution in [-0.2, 0) is 18.3 Å². The van der Waals surface area contributed by atoms with Crippen LogP contribution < -0.4 is 26.2 Å². The van der Waals surface area contributed by atoms with Crippen molar-refractivity contribution in [1.29, 1.82) is 0 Å². The molecule has 1 aliphatic heterocycles. The predicted octanol–water partition coefficient (Wildman–Crippen LogP) is 5.07. The van der Waals surface area contributed by atoms with Crippen LogP contribution in [0, 0.1) is 5.82 Å². The van der Waals surface area contributed by atoms with Gasteiger partial charge in [-0.25, -0.2) is 14.1 Å². The first-order chi connectivity index (χ1) is 21.7. The quantitative estimate of drug-likeness (QED) is 0.243. The molecule has 0 spiro atoms. The average molecular weight is 652 g/mol. The highest BCUT2D eigenvalue weighted by atomic mass is 35.5. The fraction of sp³-hybridized carbons (Fsp3) is 0.281. The van der Waals surface area contributed by atoms with Gasteiger partial charge in [0.2, 0.25) is 11.8 Å². The summed E-state index contributed by atoms with van der Waals surface area (Å²) in [6.07, 6.45) is 4.29. The number of aryl methyl sites for hydroxylation is 2. The number of benzene rings is 2. The third-order valence-corrected chi connectivity index (χ3v) is 8.98. The number of aromatic nitrogens is 3. The van der Waals surface area contributed by atoms with Gasteiger partial charge in [-0.2, -0.15) is 5.10 Å². The highest BCUT2D eigenvalue weighted by Crippen LogP contribution is 2.45. The molecule has 4 aromatic rings. The molecule has 2 amide bonds. The minimum atomic E-state index is -0.687. The van der Waals surface area contributed by atoms with Crippen molar-refractivity contribution in [2.75, 3.05) is 19.0 Å². The molecule has 0 radical (unpaired) electrons. The van der Waals surface area contributed by atoms with Gasteiger partial charge in [0.1, 0.15) is 11.4 Å². The molecular formula is C32H29Cl2FN6O4. The lowest BCUT2D eigenvalue weighted by Crippen LogP contribution is -2.36. The van der Waals surface area contributed by atoms with Crippen LogP contribution in [0.15, 0.2) is 53.5 Å². The average Bonchev–Trinajstić information content (AvgIpc) is 3.64. The van der Waals surface area contributed by atoms with Gasteiger partial charge in [0, 0.05) is 60.5 Å². The third-order valence-electron chi connectivity index (χ3n) is 8.18. The Kier molecular flexibility index (Phi) is 8.59. The molecule has 3 heterocycles. The molecule has 1 aliphatic carbocycles. The second kappa shape index (κ2) is 12.6. The van der Waals surface area contributed by atoms with Crippen LogP contribution in [0.1, 0.15) is 46.8 Å². The monoisotopic (exact) mass is 650 g/mol. The second-order valence-corrected chi connectivity index (χ2v) is 11.7. The molecule has 3 N–H and O–H groups in total. The number of amides is 2. The van der Waals surface area contributed by atoms with Crippen molar-refractivity contribution in [2.24, 2.45) is 7.05 Å². The normalized spacial score (nSPS) is 17.2. The number of carbonyl (C=O) groups excluding carboxylic acids is 2. The zero-order valence-corrected chi connectivity index (χ0v) is 25.9. The molecular weight excluding hydrogens is 622 g/mol. The third kappa shape index (κ3) is 5.90. The van der Waals surface area contributed by atoms with Gasteiger partial charge in [-0.1, -0.05) is 35.3 Å². The van der Waals surface area contributed by atoms with Crippen LogP contribution in [0.5, 0.6) is 5.88 Å². The van der Waals surface area contributed by atoms with Crippen molar-refractivity contribution in [1.82, 2.24) is 25.4 Å². The Labute approximate surface area is 267 Å². The van der Waals surface area contributed by atoms with Gasteiger partial charge >= 0.3 is 0 Å². The van der Waals surface area contributed by atoms with Gasteiger partial charge < -0.3 is 20.7 Å². The number of halogens is 3. The number of ether oxygens (including phenoxy) is 1. The van der Waals surface area contributed by atoms with Gasteiger partial charge in [-0.05, 0) is 55.2 Å². The van der Waals surface area contributed by atoms with Crippen molar-refractivity contribution >= 4 is 40.7 Å². The first-order valence-corrected chi connectivity index (χ1v) is 15.1. The van der Waals surface area contributed by atoms with Gasteiger partial charge in [-0.3, -0.25) is 14.4 Å². The molecule has 6 rings (SSSR count). The van der Waals surface area contributed by atoms with E-state index in [4.69, 9.17) is 32.9 Å². The van der Waals surface area contributed by atoms with Gasteiger partial charge in [0.25, 0.3) is 11.5 Å². The Morgan fingerprint density at radius 3 is 2.69 bits per heavy atom. The zero-order chi connectivity index (χ0) is 31.8. The van der Waals surface area contributed by atoms with Gasteiger partial charge in [0.05, 0.1) is 28.5 Å². The molecule has 0 saturated carbocycles. The maximum Gasteiger partial charge on any atom is 0.279 e. The van der Waals surface area contributed by atoms with E-state index in [9.17, 15) is 14.4 Å². The smallest absolute Gasteiger partial charge is 0.279 e. The Morgan fingerprint density at radius 1 is 1.11 bits per heavy atom. The van der Waals surface area contributed by atoms with E-state index in [1.54, 1.807) is 31.4 Å². The number of nitrogens with zero attached hydrogens (tertiary/aromatic N) is 3. The number of methoxy groups -OCH3 is 1. The molecule has 13 heteroatoms. The highest BCUT2D eigenvalue weighted by molar-refractivity contribution is 6.39. The van der Waals surface area contributed by atoms with Crippen molar-refractivity contribution < 1.29 is 18.7 Å². The largest absolute Gasteiger partial charge is 0.481 e. The topological polar surface area (TPSA) is 127 Å². The summed E-state index contributed by atoms with van der Waals surface area (Å²) < 4.78 is 22.2. The number of nitrogens with one attached hydrogen (secondary N) is 3. The standard InChI is InChI=1S/C32H29Cl2FN6O4/c1-41-32(44)20(12-13-37-41)30(43)39-23-5-3-4-19(28(23)33)27-21(35)9-8-18(29(27)34)24-14-16-6-10-22(26(16)31(40-24)45-2)36-15-17-7-11-25(42)38-17/h3-5,8-9,12-14,17,22,36H,6-7,10-11,15H2,1-2H3,(H,38,42)(H,39,43). The Hall–Kier alpha value is -4.32. The first kappa shape index (κ1) is 30.7. The molecule has 2 aromatic heterocycles. The van der Waals surface area contributed by atoms with E-state index >= 15 is 4.39 Å². The molecule has 2 unspecified atom stereocenters. The van der Waals surface area contributed by atoms with E-state index in [0.29, 0.717) is 30.1 Å². The number of rotatable bonds is 8.